The number of aromatic nitrogens is 1. The molecule has 0 bridgehead atoms. The van der Waals surface area contributed by atoms with Crippen LogP contribution in [0.2, 0.25) is 0 Å². The van der Waals surface area contributed by atoms with E-state index in [1.54, 1.807) is 52.8 Å². The van der Waals surface area contributed by atoms with E-state index in [0.29, 0.717) is 23.3 Å². The van der Waals surface area contributed by atoms with Gasteiger partial charge in [-0.25, -0.2) is 9.37 Å². The lowest BCUT2D eigenvalue weighted by molar-refractivity contribution is -0.158. The van der Waals surface area contributed by atoms with E-state index in [2.05, 4.69) is 4.98 Å². The average molecular weight is 399 g/mol. The van der Waals surface area contributed by atoms with Crippen LogP contribution in [0.3, 0.4) is 0 Å². The Labute approximate surface area is 170 Å². The van der Waals surface area contributed by atoms with Crippen LogP contribution in [0.15, 0.2) is 36.2 Å². The van der Waals surface area contributed by atoms with Crippen molar-refractivity contribution in [3.8, 4) is 11.6 Å². The second-order valence-corrected chi connectivity index (χ2v) is 8.25. The molecule has 0 amide bonds. The Morgan fingerprint density at radius 1 is 1.17 bits per heavy atom. The zero-order valence-electron chi connectivity index (χ0n) is 17.6. The number of halogens is 1. The lowest BCUT2D eigenvalue weighted by Gasteiger charge is -2.40. The van der Waals surface area contributed by atoms with Gasteiger partial charge in [-0.05, 0) is 75.9 Å². The van der Waals surface area contributed by atoms with E-state index in [-0.39, 0.29) is 23.0 Å². The summed E-state index contributed by atoms with van der Waals surface area (Å²) < 4.78 is 25.6. The van der Waals surface area contributed by atoms with Gasteiger partial charge in [-0.1, -0.05) is 13.0 Å². The third-order valence-electron chi connectivity index (χ3n) is 4.98. The van der Waals surface area contributed by atoms with Crippen LogP contribution in [-0.2, 0) is 16.0 Å². The zero-order chi connectivity index (χ0) is 21.6. The molecule has 0 saturated carbocycles. The van der Waals surface area contributed by atoms with Crippen molar-refractivity contribution in [1.82, 2.24) is 4.98 Å². The van der Waals surface area contributed by atoms with E-state index in [1.807, 2.05) is 6.92 Å². The smallest absolute Gasteiger partial charge is 0.255 e. The molecule has 0 aliphatic carbocycles. The van der Waals surface area contributed by atoms with Gasteiger partial charge in [0.05, 0.1) is 5.57 Å². The molecule has 0 saturated heterocycles. The maximum absolute atomic E-state index is 14.2. The maximum atomic E-state index is 14.2. The van der Waals surface area contributed by atoms with Gasteiger partial charge in [-0.3, -0.25) is 4.79 Å². The van der Waals surface area contributed by atoms with Crippen molar-refractivity contribution >= 4 is 11.4 Å². The van der Waals surface area contributed by atoms with Crippen LogP contribution in [0.1, 0.15) is 51.3 Å². The Hall–Kier alpha value is -2.73. The molecule has 29 heavy (non-hydrogen) atoms. The van der Waals surface area contributed by atoms with Gasteiger partial charge in [-0.15, -0.1) is 0 Å². The topological polar surface area (TPSA) is 68.7 Å². The van der Waals surface area contributed by atoms with Crippen LogP contribution < -0.4 is 4.74 Å². The number of ether oxygens (including phenoxy) is 2. The summed E-state index contributed by atoms with van der Waals surface area (Å²) in [5, 5.41) is 10.8. The van der Waals surface area contributed by atoms with Crippen molar-refractivity contribution in [2.24, 2.45) is 0 Å². The van der Waals surface area contributed by atoms with Crippen molar-refractivity contribution in [1.29, 1.82) is 0 Å². The van der Waals surface area contributed by atoms with Crippen molar-refractivity contribution in [2.75, 3.05) is 0 Å². The number of benzene rings is 1. The lowest BCUT2D eigenvalue weighted by Crippen LogP contribution is -2.49. The highest BCUT2D eigenvalue weighted by atomic mass is 19.1. The molecule has 1 aliphatic heterocycles. The molecular weight excluding hydrogens is 373 g/mol. The number of carbonyl (C=O) groups excluding carboxylic acids is 1. The summed E-state index contributed by atoms with van der Waals surface area (Å²) >= 11 is 0. The van der Waals surface area contributed by atoms with Gasteiger partial charge in [0, 0.05) is 6.20 Å². The van der Waals surface area contributed by atoms with Gasteiger partial charge in [0.1, 0.15) is 22.7 Å². The van der Waals surface area contributed by atoms with Crippen LogP contribution in [0.5, 0.6) is 11.6 Å². The molecule has 154 valence electrons. The minimum Gasteiger partial charge on any atom is -0.508 e. The van der Waals surface area contributed by atoms with Crippen molar-refractivity contribution in [3.05, 3.63) is 58.7 Å². The van der Waals surface area contributed by atoms with E-state index in [0.717, 1.165) is 5.56 Å². The molecular formula is C23H26FNO4. The molecule has 0 atom stereocenters. The lowest BCUT2D eigenvalue weighted by atomic mass is 9.81. The molecule has 2 aromatic rings. The molecule has 1 aromatic heterocycles. The van der Waals surface area contributed by atoms with Crippen LogP contribution in [0.25, 0.3) is 5.57 Å². The minimum absolute atomic E-state index is 0.131. The molecule has 2 heterocycles. The van der Waals surface area contributed by atoms with Crippen LogP contribution in [0, 0.1) is 12.7 Å². The fraction of sp³-hybridized carbons (Fsp3) is 0.391. The first-order valence-corrected chi connectivity index (χ1v) is 9.58. The number of pyridine rings is 1. The van der Waals surface area contributed by atoms with E-state index >= 15 is 0 Å². The molecule has 0 radical (unpaired) electrons. The second-order valence-electron chi connectivity index (χ2n) is 8.25. The third-order valence-corrected chi connectivity index (χ3v) is 4.98. The Bertz CT molecular complexity index is 1010. The normalized spacial score (nSPS) is 18.1. The molecule has 1 N–H and O–H groups in total. The van der Waals surface area contributed by atoms with Gasteiger partial charge < -0.3 is 14.6 Å². The predicted octanol–water partition coefficient (Wildman–Crippen LogP) is 5.31. The van der Waals surface area contributed by atoms with Crippen LogP contribution in [-0.4, -0.2) is 27.1 Å². The third kappa shape index (κ3) is 3.90. The quantitative estimate of drug-likeness (QED) is 0.755. The summed E-state index contributed by atoms with van der Waals surface area (Å²) in [6.07, 6.45) is 2.15. The number of Topliss-reactive ketones (excluding diaryl/α,β-unsaturated/α-hetero) is 1. The fourth-order valence-electron chi connectivity index (χ4n) is 3.56. The predicted molar refractivity (Wildman–Crippen MR) is 109 cm³/mol. The number of carbonyl (C=O) groups is 1. The summed E-state index contributed by atoms with van der Waals surface area (Å²) in [6.45, 7) is 10.5. The molecule has 1 aromatic carbocycles. The number of hydrogen-bond acceptors (Lipinski definition) is 5. The monoisotopic (exact) mass is 399 g/mol. The molecule has 1 aliphatic rings. The summed E-state index contributed by atoms with van der Waals surface area (Å²) in [5.74, 6) is -0.850. The summed E-state index contributed by atoms with van der Waals surface area (Å²) in [4.78, 5) is 17.1. The van der Waals surface area contributed by atoms with Gasteiger partial charge in [0.2, 0.25) is 0 Å². The van der Waals surface area contributed by atoms with Gasteiger partial charge >= 0.3 is 0 Å². The minimum atomic E-state index is -1.10. The average Bonchev–Trinajstić information content (AvgIpc) is 2.62. The Kier molecular flexibility index (Phi) is 5.26. The number of ketones is 1. The Morgan fingerprint density at radius 3 is 2.48 bits per heavy atom. The molecule has 0 spiro atoms. The van der Waals surface area contributed by atoms with Gasteiger partial charge in [0.15, 0.2) is 11.6 Å². The zero-order valence-corrected chi connectivity index (χ0v) is 17.6. The van der Waals surface area contributed by atoms with Crippen molar-refractivity contribution < 1.29 is 23.8 Å². The highest BCUT2D eigenvalue weighted by Gasteiger charge is 2.47. The van der Waals surface area contributed by atoms with Crippen molar-refractivity contribution in [3.63, 3.8) is 0 Å². The maximum Gasteiger partial charge on any atom is 0.255 e. The first-order valence-electron chi connectivity index (χ1n) is 9.58. The Morgan fingerprint density at radius 2 is 1.86 bits per heavy atom. The molecule has 5 nitrogen and oxygen atoms in total. The van der Waals surface area contributed by atoms with Crippen LogP contribution >= 0.6 is 0 Å². The van der Waals surface area contributed by atoms with Crippen LogP contribution in [0.4, 0.5) is 4.39 Å². The molecule has 6 heteroatoms. The first-order chi connectivity index (χ1) is 13.5. The van der Waals surface area contributed by atoms with E-state index in [4.69, 9.17) is 9.47 Å². The van der Waals surface area contributed by atoms with E-state index < -0.39 is 17.0 Å². The van der Waals surface area contributed by atoms with E-state index in [9.17, 15) is 14.3 Å². The highest BCUT2D eigenvalue weighted by Crippen LogP contribution is 2.41. The number of aliphatic hydroxyl groups excluding tert-OH is 1. The standard InChI is InChI=1S/C23H26FNO4/c1-7-14-8-9-15(28-21-17(24)10-13(2)12-25-21)11-16(14)18-19(26)22(3,4)29-23(5,6)20(18)27/h8-12,26H,7H2,1-6H3. The first kappa shape index (κ1) is 21.0. The summed E-state index contributed by atoms with van der Waals surface area (Å²) in [5.41, 5.74) is 0.161. The number of hydrogen-bond donors (Lipinski definition) is 1. The largest absolute Gasteiger partial charge is 0.508 e. The fourth-order valence-corrected chi connectivity index (χ4v) is 3.56. The van der Waals surface area contributed by atoms with E-state index in [1.165, 1.54) is 12.3 Å². The number of rotatable bonds is 4. The second kappa shape index (κ2) is 7.26. The van der Waals surface area contributed by atoms with Crippen molar-refractivity contribution in [2.45, 2.75) is 59.2 Å². The molecule has 0 unspecified atom stereocenters. The highest BCUT2D eigenvalue weighted by molar-refractivity contribution is 6.26. The molecule has 0 fully saturated rings. The van der Waals surface area contributed by atoms with Gasteiger partial charge in [-0.2, -0.15) is 0 Å². The number of aliphatic hydroxyl groups is 1. The van der Waals surface area contributed by atoms with Gasteiger partial charge in [0.25, 0.3) is 5.88 Å². The number of aryl methyl sites for hydroxylation is 2. The summed E-state index contributed by atoms with van der Waals surface area (Å²) in [6, 6.07) is 6.48. The Balaban J connectivity index is 2.13. The summed E-state index contributed by atoms with van der Waals surface area (Å²) in [7, 11) is 0. The SMILES string of the molecule is CCc1ccc(Oc2ncc(C)cc2F)cc1C1=C(O)C(C)(C)OC(C)(C)C1=O. The molecule has 3 rings (SSSR count). The number of nitrogens with zero attached hydrogens (tertiary/aromatic N) is 1.